The lowest BCUT2D eigenvalue weighted by Crippen LogP contribution is -2.39. The standard InChI is InChI=1S/C23H25N5O2S/c1-16-5-3-6-17(13-16)20-15-28(23(24)25-20)31(29,30)19-8-9-21-18(14-19)10-12-27(21)22-7-4-11-26(22)2/h3-9,11,13-14,20H,10,12,15H2,1-2H3,(H2,24,25). The second kappa shape index (κ2) is 7.16. The minimum atomic E-state index is -3.79. The predicted molar refractivity (Wildman–Crippen MR) is 122 cm³/mol. The summed E-state index contributed by atoms with van der Waals surface area (Å²) in [6.07, 6.45) is 2.80. The molecule has 0 bridgehead atoms. The Morgan fingerprint density at radius 3 is 2.68 bits per heavy atom. The molecular formula is C23H25N5O2S. The van der Waals surface area contributed by atoms with Crippen molar-refractivity contribution in [1.82, 2.24) is 8.87 Å². The molecule has 2 aromatic carbocycles. The van der Waals surface area contributed by atoms with E-state index in [0.29, 0.717) is 0 Å². The molecule has 160 valence electrons. The molecule has 3 heterocycles. The molecule has 2 aliphatic rings. The summed E-state index contributed by atoms with van der Waals surface area (Å²) < 4.78 is 30.1. The smallest absolute Gasteiger partial charge is 0.266 e. The first-order chi connectivity index (χ1) is 14.8. The largest absolute Gasteiger partial charge is 0.369 e. The maximum atomic E-state index is 13.4. The number of aryl methyl sites for hydroxylation is 2. The van der Waals surface area contributed by atoms with E-state index in [2.05, 4.69) is 20.5 Å². The topological polar surface area (TPSA) is 83.9 Å². The molecule has 1 unspecified atom stereocenters. The first kappa shape index (κ1) is 19.7. The minimum absolute atomic E-state index is 0.0393. The summed E-state index contributed by atoms with van der Waals surface area (Å²) in [4.78, 5) is 6.90. The van der Waals surface area contributed by atoms with Crippen molar-refractivity contribution in [2.45, 2.75) is 24.3 Å². The van der Waals surface area contributed by atoms with Crippen LogP contribution in [0, 0.1) is 6.92 Å². The minimum Gasteiger partial charge on any atom is -0.369 e. The Morgan fingerprint density at radius 1 is 1.10 bits per heavy atom. The summed E-state index contributed by atoms with van der Waals surface area (Å²) >= 11 is 0. The van der Waals surface area contributed by atoms with Gasteiger partial charge in [-0.3, -0.25) is 0 Å². The number of aliphatic imine (C=N–C) groups is 1. The zero-order valence-electron chi connectivity index (χ0n) is 17.6. The maximum Gasteiger partial charge on any atom is 0.266 e. The van der Waals surface area contributed by atoms with E-state index in [-0.39, 0.29) is 23.4 Å². The molecule has 7 nitrogen and oxygen atoms in total. The molecule has 2 aliphatic heterocycles. The maximum absolute atomic E-state index is 13.4. The van der Waals surface area contributed by atoms with Crippen LogP contribution in [0.2, 0.25) is 0 Å². The summed E-state index contributed by atoms with van der Waals surface area (Å²) in [6, 6.07) is 17.0. The Hall–Kier alpha value is -3.26. The number of nitrogens with zero attached hydrogens (tertiary/aromatic N) is 4. The Morgan fingerprint density at radius 2 is 1.94 bits per heavy atom. The van der Waals surface area contributed by atoms with Gasteiger partial charge in [0.05, 0.1) is 17.5 Å². The lowest BCUT2D eigenvalue weighted by molar-refractivity contribution is 0.518. The second-order valence-electron chi connectivity index (χ2n) is 8.12. The van der Waals surface area contributed by atoms with Crippen molar-refractivity contribution in [2.75, 3.05) is 18.0 Å². The first-order valence-electron chi connectivity index (χ1n) is 10.3. The van der Waals surface area contributed by atoms with Gasteiger partial charge in [0.25, 0.3) is 10.0 Å². The van der Waals surface area contributed by atoms with E-state index in [1.54, 1.807) is 12.1 Å². The third-order valence-electron chi connectivity index (χ3n) is 6.04. The number of sulfonamides is 1. The molecule has 0 fully saturated rings. The number of aromatic nitrogens is 1. The molecule has 1 atom stereocenters. The van der Waals surface area contributed by atoms with Crippen LogP contribution in [0.4, 0.5) is 11.5 Å². The van der Waals surface area contributed by atoms with Crippen LogP contribution in [0.1, 0.15) is 22.7 Å². The average molecular weight is 436 g/mol. The highest BCUT2D eigenvalue weighted by Gasteiger charge is 2.35. The number of anilines is 2. The summed E-state index contributed by atoms with van der Waals surface area (Å²) in [5, 5.41) is 0. The van der Waals surface area contributed by atoms with Crippen LogP contribution in [0.5, 0.6) is 0 Å². The average Bonchev–Trinajstić information content (AvgIpc) is 3.45. The van der Waals surface area contributed by atoms with Crippen LogP contribution < -0.4 is 10.6 Å². The fraction of sp³-hybridized carbons (Fsp3) is 0.261. The van der Waals surface area contributed by atoms with Gasteiger partial charge in [0.15, 0.2) is 0 Å². The second-order valence-corrected chi connectivity index (χ2v) is 9.99. The fourth-order valence-corrected chi connectivity index (χ4v) is 5.85. The number of fused-ring (bicyclic) bond motifs is 1. The van der Waals surface area contributed by atoms with Gasteiger partial charge < -0.3 is 15.2 Å². The van der Waals surface area contributed by atoms with Crippen LogP contribution in [-0.4, -0.2) is 36.3 Å². The van der Waals surface area contributed by atoms with Gasteiger partial charge >= 0.3 is 0 Å². The molecule has 31 heavy (non-hydrogen) atoms. The number of rotatable bonds is 4. The predicted octanol–water partition coefficient (Wildman–Crippen LogP) is 3.09. The molecule has 1 aromatic heterocycles. The van der Waals surface area contributed by atoms with Gasteiger partial charge in [-0.1, -0.05) is 29.8 Å². The van der Waals surface area contributed by atoms with Crippen LogP contribution in [-0.2, 0) is 23.5 Å². The molecular weight excluding hydrogens is 410 g/mol. The summed E-state index contributed by atoms with van der Waals surface area (Å²) in [7, 11) is -1.78. The van der Waals surface area contributed by atoms with Crippen molar-refractivity contribution in [3.63, 3.8) is 0 Å². The van der Waals surface area contributed by atoms with Crippen LogP contribution in [0.3, 0.4) is 0 Å². The molecule has 3 aromatic rings. The van der Waals surface area contributed by atoms with Gasteiger partial charge in [-0.25, -0.2) is 17.7 Å². The number of nitrogens with two attached hydrogens (primary N) is 1. The number of benzene rings is 2. The van der Waals surface area contributed by atoms with E-state index in [1.165, 1.54) is 4.31 Å². The molecule has 0 spiro atoms. The van der Waals surface area contributed by atoms with E-state index >= 15 is 0 Å². The van der Waals surface area contributed by atoms with Crippen molar-refractivity contribution < 1.29 is 8.42 Å². The van der Waals surface area contributed by atoms with Crippen LogP contribution in [0.15, 0.2) is 70.7 Å². The van der Waals surface area contributed by atoms with E-state index in [0.717, 1.165) is 41.2 Å². The SMILES string of the molecule is Cc1cccc(C2CN(S(=O)(=O)c3ccc4c(c3)CCN4c3cccn3C)C(N)=N2)c1. The van der Waals surface area contributed by atoms with E-state index in [1.807, 2.05) is 56.6 Å². The third kappa shape index (κ3) is 3.27. The van der Waals surface area contributed by atoms with E-state index in [9.17, 15) is 8.42 Å². The lowest BCUT2D eigenvalue weighted by atomic mass is 10.1. The van der Waals surface area contributed by atoms with Crippen LogP contribution >= 0.6 is 0 Å². The fourth-order valence-electron chi connectivity index (χ4n) is 4.43. The Labute approximate surface area is 182 Å². The lowest BCUT2D eigenvalue weighted by Gasteiger charge is -2.21. The zero-order chi connectivity index (χ0) is 21.8. The molecule has 8 heteroatoms. The number of hydrogen-bond donors (Lipinski definition) is 1. The summed E-state index contributed by atoms with van der Waals surface area (Å²) in [6.45, 7) is 3.03. The van der Waals surface area contributed by atoms with Gasteiger partial charge in [0.1, 0.15) is 5.82 Å². The molecule has 0 radical (unpaired) electrons. The van der Waals surface area contributed by atoms with Gasteiger partial charge in [0, 0.05) is 25.5 Å². The van der Waals surface area contributed by atoms with E-state index < -0.39 is 10.0 Å². The van der Waals surface area contributed by atoms with Crippen LogP contribution in [0.25, 0.3) is 0 Å². The normalized spacial score (nSPS) is 18.4. The highest BCUT2D eigenvalue weighted by Crippen LogP contribution is 2.37. The zero-order valence-corrected chi connectivity index (χ0v) is 18.4. The Kier molecular flexibility index (Phi) is 4.55. The third-order valence-corrected chi connectivity index (χ3v) is 7.80. The van der Waals surface area contributed by atoms with Crippen molar-refractivity contribution in [1.29, 1.82) is 0 Å². The molecule has 0 amide bonds. The van der Waals surface area contributed by atoms with Crippen molar-refractivity contribution >= 4 is 27.5 Å². The highest BCUT2D eigenvalue weighted by atomic mass is 32.2. The molecule has 0 saturated carbocycles. The quantitative estimate of drug-likeness (QED) is 0.683. The molecule has 5 rings (SSSR count). The molecule has 0 aliphatic carbocycles. The number of hydrogen-bond acceptors (Lipinski definition) is 5. The van der Waals surface area contributed by atoms with Gasteiger partial charge in [0.2, 0.25) is 5.96 Å². The van der Waals surface area contributed by atoms with Gasteiger partial charge in [-0.15, -0.1) is 0 Å². The van der Waals surface area contributed by atoms with Gasteiger partial charge in [-0.2, -0.15) is 0 Å². The molecule has 2 N–H and O–H groups in total. The Balaban J connectivity index is 1.43. The summed E-state index contributed by atoms with van der Waals surface area (Å²) in [5.74, 6) is 1.13. The Bertz CT molecular complexity index is 1290. The van der Waals surface area contributed by atoms with Crippen molar-refractivity contribution in [3.8, 4) is 0 Å². The number of guanidine groups is 1. The molecule has 0 saturated heterocycles. The van der Waals surface area contributed by atoms with Crippen molar-refractivity contribution in [3.05, 3.63) is 77.5 Å². The monoisotopic (exact) mass is 435 g/mol. The van der Waals surface area contributed by atoms with Gasteiger partial charge in [-0.05, 0) is 54.8 Å². The highest BCUT2D eigenvalue weighted by molar-refractivity contribution is 7.89. The van der Waals surface area contributed by atoms with E-state index in [4.69, 9.17) is 5.73 Å². The van der Waals surface area contributed by atoms with Crippen molar-refractivity contribution in [2.24, 2.45) is 17.8 Å². The summed E-state index contributed by atoms with van der Waals surface area (Å²) in [5.41, 5.74) is 10.2. The first-order valence-corrected chi connectivity index (χ1v) is 11.7.